The summed E-state index contributed by atoms with van der Waals surface area (Å²) in [7, 11) is 0. The second-order valence-corrected chi connectivity index (χ2v) is 3.55. The SMILES string of the molecule is O=CN1CCC[C@@H]1c1ccc(F)cc1. The van der Waals surface area contributed by atoms with E-state index in [1.807, 2.05) is 0 Å². The molecule has 0 N–H and O–H groups in total. The predicted octanol–water partition coefficient (Wildman–Crippen LogP) is 2.12. The van der Waals surface area contributed by atoms with Gasteiger partial charge in [0.2, 0.25) is 6.41 Å². The Morgan fingerprint density at radius 2 is 2.07 bits per heavy atom. The molecule has 1 fully saturated rings. The lowest BCUT2D eigenvalue weighted by Gasteiger charge is -2.19. The van der Waals surface area contributed by atoms with Crippen molar-refractivity contribution in [1.82, 2.24) is 4.90 Å². The lowest BCUT2D eigenvalue weighted by atomic mass is 10.1. The summed E-state index contributed by atoms with van der Waals surface area (Å²) < 4.78 is 12.7. The largest absolute Gasteiger partial charge is 0.338 e. The van der Waals surface area contributed by atoms with E-state index in [0.717, 1.165) is 31.4 Å². The molecule has 74 valence electrons. The van der Waals surface area contributed by atoms with Gasteiger partial charge in [0.25, 0.3) is 0 Å². The van der Waals surface area contributed by atoms with E-state index < -0.39 is 0 Å². The van der Waals surface area contributed by atoms with Crippen molar-refractivity contribution >= 4 is 6.41 Å². The Hall–Kier alpha value is -1.38. The van der Waals surface area contributed by atoms with E-state index in [0.29, 0.717) is 0 Å². The Kier molecular flexibility index (Phi) is 2.48. The highest BCUT2D eigenvalue weighted by Gasteiger charge is 2.24. The lowest BCUT2D eigenvalue weighted by molar-refractivity contribution is -0.118. The monoisotopic (exact) mass is 193 g/mol. The number of halogens is 1. The molecule has 1 atom stereocenters. The van der Waals surface area contributed by atoms with Crippen LogP contribution >= 0.6 is 0 Å². The van der Waals surface area contributed by atoms with E-state index >= 15 is 0 Å². The average molecular weight is 193 g/mol. The molecule has 1 aromatic rings. The van der Waals surface area contributed by atoms with E-state index in [-0.39, 0.29) is 11.9 Å². The normalized spacial score (nSPS) is 21.2. The van der Waals surface area contributed by atoms with Crippen LogP contribution in [0, 0.1) is 5.82 Å². The Balaban J connectivity index is 2.21. The minimum atomic E-state index is -0.232. The van der Waals surface area contributed by atoms with Crippen LogP contribution in [0.2, 0.25) is 0 Å². The number of carbonyl (C=O) groups excluding carboxylic acids is 1. The van der Waals surface area contributed by atoms with Crippen LogP contribution in [0.25, 0.3) is 0 Å². The van der Waals surface area contributed by atoms with Gasteiger partial charge < -0.3 is 4.90 Å². The summed E-state index contributed by atoms with van der Waals surface area (Å²) >= 11 is 0. The summed E-state index contributed by atoms with van der Waals surface area (Å²) in [5, 5.41) is 0. The van der Waals surface area contributed by atoms with Gasteiger partial charge >= 0.3 is 0 Å². The Morgan fingerprint density at radius 3 is 2.71 bits per heavy atom. The fourth-order valence-electron chi connectivity index (χ4n) is 1.96. The third-order valence-electron chi connectivity index (χ3n) is 2.68. The van der Waals surface area contributed by atoms with Gasteiger partial charge in [-0.05, 0) is 30.5 Å². The molecule has 0 saturated carbocycles. The maximum atomic E-state index is 12.7. The molecule has 0 spiro atoms. The number of carbonyl (C=O) groups is 1. The molecule has 0 bridgehead atoms. The number of amides is 1. The first kappa shape index (κ1) is 9.19. The molecule has 3 heteroatoms. The number of benzene rings is 1. The zero-order valence-electron chi connectivity index (χ0n) is 7.82. The summed E-state index contributed by atoms with van der Waals surface area (Å²) in [6, 6.07) is 6.53. The number of rotatable bonds is 2. The third-order valence-corrected chi connectivity index (χ3v) is 2.68. The van der Waals surface area contributed by atoms with Gasteiger partial charge in [-0.2, -0.15) is 0 Å². The van der Waals surface area contributed by atoms with E-state index in [9.17, 15) is 9.18 Å². The van der Waals surface area contributed by atoms with E-state index in [1.165, 1.54) is 12.1 Å². The maximum Gasteiger partial charge on any atom is 0.210 e. The minimum Gasteiger partial charge on any atom is -0.338 e. The molecule has 0 unspecified atom stereocenters. The van der Waals surface area contributed by atoms with Crippen molar-refractivity contribution in [1.29, 1.82) is 0 Å². The number of hydrogen-bond acceptors (Lipinski definition) is 1. The molecule has 0 radical (unpaired) electrons. The highest BCUT2D eigenvalue weighted by molar-refractivity contribution is 5.49. The molecule has 1 aliphatic rings. The van der Waals surface area contributed by atoms with E-state index in [2.05, 4.69) is 0 Å². The van der Waals surface area contributed by atoms with Crippen molar-refractivity contribution < 1.29 is 9.18 Å². The van der Waals surface area contributed by atoms with Gasteiger partial charge in [0.1, 0.15) is 5.82 Å². The average Bonchev–Trinajstić information content (AvgIpc) is 2.67. The summed E-state index contributed by atoms with van der Waals surface area (Å²) in [4.78, 5) is 12.5. The highest BCUT2D eigenvalue weighted by Crippen LogP contribution is 2.30. The molecule has 1 amide bonds. The fourth-order valence-corrected chi connectivity index (χ4v) is 1.96. The van der Waals surface area contributed by atoms with Crippen LogP contribution in [0.1, 0.15) is 24.4 Å². The zero-order valence-corrected chi connectivity index (χ0v) is 7.82. The molecule has 2 nitrogen and oxygen atoms in total. The van der Waals surface area contributed by atoms with Gasteiger partial charge in [-0.1, -0.05) is 12.1 Å². The predicted molar refractivity (Wildman–Crippen MR) is 51.1 cm³/mol. The molecule has 0 aromatic heterocycles. The molecule has 1 aromatic carbocycles. The Bertz CT molecular complexity index is 323. The first-order valence-corrected chi connectivity index (χ1v) is 4.78. The second kappa shape index (κ2) is 3.78. The van der Waals surface area contributed by atoms with Gasteiger partial charge in [0.05, 0.1) is 6.04 Å². The van der Waals surface area contributed by atoms with Crippen LogP contribution < -0.4 is 0 Å². The summed E-state index contributed by atoms with van der Waals surface area (Å²) in [5.74, 6) is -0.232. The first-order chi connectivity index (χ1) is 6.81. The van der Waals surface area contributed by atoms with Gasteiger partial charge in [-0.3, -0.25) is 4.79 Å². The molecular weight excluding hydrogens is 181 g/mol. The van der Waals surface area contributed by atoms with Crippen LogP contribution in [0.5, 0.6) is 0 Å². The third kappa shape index (κ3) is 1.62. The molecule has 1 saturated heterocycles. The van der Waals surface area contributed by atoms with Crippen molar-refractivity contribution in [2.75, 3.05) is 6.54 Å². The molecule has 14 heavy (non-hydrogen) atoms. The standard InChI is InChI=1S/C11H12FNO/c12-10-5-3-9(4-6-10)11-2-1-7-13(11)8-14/h3-6,8,11H,1-2,7H2/t11-/m1/s1. The van der Waals surface area contributed by atoms with Crippen LogP contribution in [-0.2, 0) is 4.79 Å². The summed E-state index contributed by atoms with van der Waals surface area (Å²) in [5.41, 5.74) is 1.02. The zero-order chi connectivity index (χ0) is 9.97. The van der Waals surface area contributed by atoms with Crippen molar-refractivity contribution in [2.45, 2.75) is 18.9 Å². The Labute approximate surface area is 82.3 Å². The highest BCUT2D eigenvalue weighted by atomic mass is 19.1. The topological polar surface area (TPSA) is 20.3 Å². The van der Waals surface area contributed by atoms with Gasteiger partial charge in [0, 0.05) is 6.54 Å². The summed E-state index contributed by atoms with van der Waals surface area (Å²) in [6.45, 7) is 0.811. The fraction of sp³-hybridized carbons (Fsp3) is 0.364. The van der Waals surface area contributed by atoms with Crippen molar-refractivity contribution in [3.8, 4) is 0 Å². The van der Waals surface area contributed by atoms with Crippen molar-refractivity contribution in [2.24, 2.45) is 0 Å². The smallest absolute Gasteiger partial charge is 0.210 e. The maximum absolute atomic E-state index is 12.7. The van der Waals surface area contributed by atoms with Gasteiger partial charge in [-0.25, -0.2) is 4.39 Å². The van der Waals surface area contributed by atoms with Gasteiger partial charge in [0.15, 0.2) is 0 Å². The molecule has 0 aliphatic carbocycles. The minimum absolute atomic E-state index is 0.146. The molecule has 1 aliphatic heterocycles. The van der Waals surface area contributed by atoms with Crippen molar-refractivity contribution in [3.05, 3.63) is 35.6 Å². The van der Waals surface area contributed by atoms with Crippen LogP contribution in [0.15, 0.2) is 24.3 Å². The molecular formula is C11H12FNO. The van der Waals surface area contributed by atoms with Crippen LogP contribution in [-0.4, -0.2) is 17.9 Å². The first-order valence-electron chi connectivity index (χ1n) is 4.78. The lowest BCUT2D eigenvalue weighted by Crippen LogP contribution is -2.20. The molecule has 1 heterocycles. The number of nitrogens with zero attached hydrogens (tertiary/aromatic N) is 1. The van der Waals surface area contributed by atoms with E-state index in [4.69, 9.17) is 0 Å². The van der Waals surface area contributed by atoms with Gasteiger partial charge in [-0.15, -0.1) is 0 Å². The number of hydrogen-bond donors (Lipinski definition) is 0. The van der Waals surface area contributed by atoms with Crippen molar-refractivity contribution in [3.63, 3.8) is 0 Å². The molecule has 2 rings (SSSR count). The van der Waals surface area contributed by atoms with Crippen LogP contribution in [0.4, 0.5) is 4.39 Å². The van der Waals surface area contributed by atoms with E-state index in [1.54, 1.807) is 17.0 Å². The Morgan fingerprint density at radius 1 is 1.36 bits per heavy atom. The van der Waals surface area contributed by atoms with Crippen LogP contribution in [0.3, 0.4) is 0 Å². The second-order valence-electron chi connectivity index (χ2n) is 3.55. The quantitative estimate of drug-likeness (QED) is 0.659. The summed E-state index contributed by atoms with van der Waals surface area (Å²) in [6.07, 6.45) is 2.88. The number of likely N-dealkylation sites (tertiary alicyclic amines) is 1.